The second kappa shape index (κ2) is 5.79. The molecule has 0 aliphatic carbocycles. The molecule has 2 rings (SSSR count). The number of methoxy groups -OCH3 is 2. The van der Waals surface area contributed by atoms with Crippen LogP contribution in [0.5, 0.6) is 11.5 Å². The van der Waals surface area contributed by atoms with Crippen molar-refractivity contribution >= 4 is 5.69 Å². The molecular formula is C15H16FNO3. The van der Waals surface area contributed by atoms with Gasteiger partial charge in [-0.1, -0.05) is 18.2 Å². The highest BCUT2D eigenvalue weighted by atomic mass is 19.1. The van der Waals surface area contributed by atoms with Crippen molar-refractivity contribution in [2.45, 2.75) is 6.10 Å². The van der Waals surface area contributed by atoms with Gasteiger partial charge in [-0.3, -0.25) is 0 Å². The first kappa shape index (κ1) is 14.1. The van der Waals surface area contributed by atoms with Crippen LogP contribution >= 0.6 is 0 Å². The van der Waals surface area contributed by atoms with Crippen LogP contribution < -0.4 is 15.2 Å². The molecule has 0 aromatic heterocycles. The number of para-hydroxylation sites is 1. The number of nitrogens with two attached hydrogens (primary N) is 1. The highest BCUT2D eigenvalue weighted by Crippen LogP contribution is 2.38. The van der Waals surface area contributed by atoms with Crippen molar-refractivity contribution in [3.8, 4) is 11.5 Å². The number of hydrogen-bond acceptors (Lipinski definition) is 4. The van der Waals surface area contributed by atoms with Crippen molar-refractivity contribution in [3.05, 3.63) is 53.3 Å². The summed E-state index contributed by atoms with van der Waals surface area (Å²) in [5.74, 6) is 0.479. The van der Waals surface area contributed by atoms with Crippen LogP contribution in [0.2, 0.25) is 0 Å². The maximum atomic E-state index is 13.1. The van der Waals surface area contributed by atoms with Crippen LogP contribution in [0.3, 0.4) is 0 Å². The summed E-state index contributed by atoms with van der Waals surface area (Å²) in [5, 5.41) is 10.5. The average Bonchev–Trinajstić information content (AvgIpc) is 2.45. The van der Waals surface area contributed by atoms with Gasteiger partial charge in [0, 0.05) is 16.8 Å². The number of halogens is 1. The minimum absolute atomic E-state index is 0.183. The molecular weight excluding hydrogens is 261 g/mol. The van der Waals surface area contributed by atoms with Gasteiger partial charge in [-0.25, -0.2) is 4.39 Å². The highest BCUT2D eigenvalue weighted by Gasteiger charge is 2.20. The summed E-state index contributed by atoms with van der Waals surface area (Å²) >= 11 is 0. The van der Waals surface area contributed by atoms with E-state index < -0.39 is 11.9 Å². The Kier molecular flexibility index (Phi) is 4.10. The van der Waals surface area contributed by atoms with E-state index in [9.17, 15) is 9.50 Å². The Morgan fingerprint density at radius 2 is 1.85 bits per heavy atom. The van der Waals surface area contributed by atoms with Gasteiger partial charge in [0.05, 0.1) is 14.2 Å². The van der Waals surface area contributed by atoms with Crippen molar-refractivity contribution in [2.75, 3.05) is 20.0 Å². The fourth-order valence-electron chi connectivity index (χ4n) is 2.09. The quantitative estimate of drug-likeness (QED) is 0.843. The molecule has 5 heteroatoms. The summed E-state index contributed by atoms with van der Waals surface area (Å²) < 4.78 is 23.5. The molecule has 0 saturated heterocycles. The lowest BCUT2D eigenvalue weighted by Crippen LogP contribution is -2.06. The molecule has 2 aromatic rings. The van der Waals surface area contributed by atoms with Gasteiger partial charge in [-0.2, -0.15) is 0 Å². The summed E-state index contributed by atoms with van der Waals surface area (Å²) in [4.78, 5) is 0. The summed E-state index contributed by atoms with van der Waals surface area (Å²) in [6.45, 7) is 0. The SMILES string of the molecule is COc1cccc(C(O)c2ccc(F)cc2N)c1OC. The highest BCUT2D eigenvalue weighted by molar-refractivity contribution is 5.55. The zero-order chi connectivity index (χ0) is 14.7. The molecule has 0 saturated carbocycles. The van der Waals surface area contributed by atoms with Crippen molar-refractivity contribution in [3.63, 3.8) is 0 Å². The first-order valence-electron chi connectivity index (χ1n) is 6.02. The fourth-order valence-corrected chi connectivity index (χ4v) is 2.09. The van der Waals surface area contributed by atoms with Gasteiger partial charge in [-0.05, 0) is 18.2 Å². The molecule has 0 bridgehead atoms. The van der Waals surface area contributed by atoms with Crippen LogP contribution in [0.1, 0.15) is 17.2 Å². The van der Waals surface area contributed by atoms with E-state index in [1.807, 2.05) is 0 Å². The number of rotatable bonds is 4. The second-order valence-electron chi connectivity index (χ2n) is 4.26. The van der Waals surface area contributed by atoms with Gasteiger partial charge < -0.3 is 20.3 Å². The lowest BCUT2D eigenvalue weighted by molar-refractivity contribution is 0.213. The number of benzene rings is 2. The number of hydrogen-bond donors (Lipinski definition) is 2. The number of nitrogen functional groups attached to an aromatic ring is 1. The van der Waals surface area contributed by atoms with E-state index in [0.29, 0.717) is 22.6 Å². The smallest absolute Gasteiger partial charge is 0.166 e. The molecule has 0 spiro atoms. The standard InChI is InChI=1S/C15H16FNO3/c1-19-13-5-3-4-11(15(13)20-2)14(18)10-7-6-9(16)8-12(10)17/h3-8,14,18H,17H2,1-2H3. The predicted molar refractivity (Wildman–Crippen MR) is 74.4 cm³/mol. The topological polar surface area (TPSA) is 64.7 Å². The van der Waals surface area contributed by atoms with Crippen LogP contribution in [0.4, 0.5) is 10.1 Å². The molecule has 0 aliphatic rings. The molecule has 1 atom stereocenters. The third-order valence-electron chi connectivity index (χ3n) is 3.07. The molecule has 1 unspecified atom stereocenters. The molecule has 106 valence electrons. The van der Waals surface area contributed by atoms with E-state index in [2.05, 4.69) is 0 Å². The van der Waals surface area contributed by atoms with Gasteiger partial charge in [0.2, 0.25) is 0 Å². The van der Waals surface area contributed by atoms with E-state index in [0.717, 1.165) is 0 Å². The van der Waals surface area contributed by atoms with Crippen LogP contribution in [-0.2, 0) is 0 Å². The maximum absolute atomic E-state index is 13.1. The Morgan fingerprint density at radius 3 is 2.45 bits per heavy atom. The Morgan fingerprint density at radius 1 is 1.10 bits per heavy atom. The lowest BCUT2D eigenvalue weighted by Gasteiger charge is -2.18. The van der Waals surface area contributed by atoms with Crippen LogP contribution in [0.15, 0.2) is 36.4 Å². The minimum atomic E-state index is -1.03. The van der Waals surface area contributed by atoms with E-state index in [1.165, 1.54) is 32.4 Å². The van der Waals surface area contributed by atoms with E-state index in [-0.39, 0.29) is 5.69 Å². The van der Waals surface area contributed by atoms with Crippen LogP contribution in [0, 0.1) is 5.82 Å². The van der Waals surface area contributed by atoms with E-state index in [1.54, 1.807) is 18.2 Å². The van der Waals surface area contributed by atoms with Gasteiger partial charge in [0.1, 0.15) is 11.9 Å². The average molecular weight is 277 g/mol. The first-order valence-corrected chi connectivity index (χ1v) is 6.02. The molecule has 3 N–H and O–H groups in total. The Balaban J connectivity index is 2.50. The minimum Gasteiger partial charge on any atom is -0.493 e. The summed E-state index contributed by atoms with van der Waals surface area (Å²) in [6.07, 6.45) is -1.03. The summed E-state index contributed by atoms with van der Waals surface area (Å²) in [5.41, 5.74) is 6.85. The lowest BCUT2D eigenvalue weighted by atomic mass is 9.98. The molecule has 20 heavy (non-hydrogen) atoms. The third kappa shape index (κ3) is 2.53. The van der Waals surface area contributed by atoms with E-state index in [4.69, 9.17) is 15.2 Å². The summed E-state index contributed by atoms with van der Waals surface area (Å²) in [7, 11) is 3.00. The monoisotopic (exact) mass is 277 g/mol. The second-order valence-corrected chi connectivity index (χ2v) is 4.26. The normalized spacial score (nSPS) is 12.0. The molecule has 0 amide bonds. The zero-order valence-corrected chi connectivity index (χ0v) is 11.3. The van der Waals surface area contributed by atoms with Gasteiger partial charge >= 0.3 is 0 Å². The molecule has 0 heterocycles. The largest absolute Gasteiger partial charge is 0.493 e. The van der Waals surface area contributed by atoms with Crippen molar-refractivity contribution < 1.29 is 19.0 Å². The van der Waals surface area contributed by atoms with Crippen LogP contribution in [0.25, 0.3) is 0 Å². The fraction of sp³-hybridized carbons (Fsp3) is 0.200. The van der Waals surface area contributed by atoms with Crippen LogP contribution in [-0.4, -0.2) is 19.3 Å². The Labute approximate surface area is 116 Å². The number of aliphatic hydroxyl groups excluding tert-OH is 1. The molecule has 0 radical (unpaired) electrons. The first-order chi connectivity index (χ1) is 9.58. The Bertz CT molecular complexity index is 616. The molecule has 0 fully saturated rings. The van der Waals surface area contributed by atoms with Gasteiger partial charge in [0.15, 0.2) is 11.5 Å². The molecule has 2 aromatic carbocycles. The molecule has 0 aliphatic heterocycles. The van der Waals surface area contributed by atoms with Crippen molar-refractivity contribution in [2.24, 2.45) is 0 Å². The van der Waals surface area contributed by atoms with Gasteiger partial charge in [0.25, 0.3) is 0 Å². The Hall–Kier alpha value is -2.27. The number of ether oxygens (including phenoxy) is 2. The third-order valence-corrected chi connectivity index (χ3v) is 3.07. The summed E-state index contributed by atoms with van der Waals surface area (Å²) in [6, 6.07) is 9.04. The van der Waals surface area contributed by atoms with Gasteiger partial charge in [-0.15, -0.1) is 0 Å². The predicted octanol–water partition coefficient (Wildman–Crippen LogP) is 2.51. The van der Waals surface area contributed by atoms with Crippen molar-refractivity contribution in [1.29, 1.82) is 0 Å². The van der Waals surface area contributed by atoms with Crippen molar-refractivity contribution in [1.82, 2.24) is 0 Å². The molecule has 4 nitrogen and oxygen atoms in total. The van der Waals surface area contributed by atoms with E-state index >= 15 is 0 Å². The zero-order valence-electron chi connectivity index (χ0n) is 11.3. The maximum Gasteiger partial charge on any atom is 0.166 e. The number of aliphatic hydroxyl groups is 1. The number of anilines is 1.